The maximum absolute atomic E-state index is 11.6. The van der Waals surface area contributed by atoms with Crippen molar-refractivity contribution in [2.24, 2.45) is 17.3 Å². The minimum Gasteiger partial charge on any atom is -0.347 e. The van der Waals surface area contributed by atoms with Crippen LogP contribution in [0.3, 0.4) is 0 Å². The number of rotatable bonds is 2. The SMILES string of the molecule is CCC1CC2CCC1(C(=O)OCl)C2. The molecule has 0 saturated heterocycles. The topological polar surface area (TPSA) is 26.3 Å². The Labute approximate surface area is 83.8 Å². The fourth-order valence-corrected chi connectivity index (χ4v) is 3.52. The van der Waals surface area contributed by atoms with Crippen molar-refractivity contribution in [1.29, 1.82) is 0 Å². The molecule has 3 heteroatoms. The van der Waals surface area contributed by atoms with Crippen molar-refractivity contribution in [2.45, 2.75) is 39.0 Å². The van der Waals surface area contributed by atoms with Crippen LogP contribution >= 0.6 is 11.9 Å². The molecule has 2 aliphatic rings. The summed E-state index contributed by atoms with van der Waals surface area (Å²) in [4.78, 5) is 11.6. The van der Waals surface area contributed by atoms with Gasteiger partial charge in [0.1, 0.15) is 11.9 Å². The molecule has 0 spiro atoms. The summed E-state index contributed by atoms with van der Waals surface area (Å²) in [5, 5.41) is 0. The lowest BCUT2D eigenvalue weighted by Crippen LogP contribution is -2.34. The van der Waals surface area contributed by atoms with Gasteiger partial charge in [0, 0.05) is 0 Å². The van der Waals surface area contributed by atoms with E-state index in [9.17, 15) is 4.79 Å². The maximum Gasteiger partial charge on any atom is 0.331 e. The van der Waals surface area contributed by atoms with Crippen molar-refractivity contribution in [2.75, 3.05) is 0 Å². The standard InChI is InChI=1S/C10H15ClO2/c1-2-8-5-7-3-4-10(8,6-7)9(12)13-11/h7-8H,2-6H2,1H3. The second-order valence-electron chi connectivity index (χ2n) is 4.47. The molecule has 74 valence electrons. The lowest BCUT2D eigenvalue weighted by molar-refractivity contribution is -0.147. The lowest BCUT2D eigenvalue weighted by atomic mass is 9.74. The fourth-order valence-electron chi connectivity index (χ4n) is 3.37. The molecule has 2 aliphatic carbocycles. The van der Waals surface area contributed by atoms with Crippen molar-refractivity contribution in [3.8, 4) is 0 Å². The van der Waals surface area contributed by atoms with Gasteiger partial charge in [-0.3, -0.25) is 0 Å². The van der Waals surface area contributed by atoms with Crippen LogP contribution in [-0.2, 0) is 9.08 Å². The largest absolute Gasteiger partial charge is 0.347 e. The molecule has 0 aliphatic heterocycles. The highest BCUT2D eigenvalue weighted by Gasteiger charge is 2.56. The highest BCUT2D eigenvalue weighted by Crippen LogP contribution is 2.59. The van der Waals surface area contributed by atoms with Crippen LogP contribution in [-0.4, -0.2) is 5.97 Å². The summed E-state index contributed by atoms with van der Waals surface area (Å²) >= 11 is 5.19. The van der Waals surface area contributed by atoms with E-state index in [1.54, 1.807) is 0 Å². The average molecular weight is 203 g/mol. The summed E-state index contributed by atoms with van der Waals surface area (Å²) in [6, 6.07) is 0. The van der Waals surface area contributed by atoms with Crippen molar-refractivity contribution in [3.63, 3.8) is 0 Å². The van der Waals surface area contributed by atoms with Gasteiger partial charge < -0.3 is 4.29 Å². The van der Waals surface area contributed by atoms with Gasteiger partial charge >= 0.3 is 5.97 Å². The summed E-state index contributed by atoms with van der Waals surface area (Å²) in [6.07, 6.45) is 5.45. The van der Waals surface area contributed by atoms with E-state index < -0.39 is 0 Å². The summed E-state index contributed by atoms with van der Waals surface area (Å²) in [5.41, 5.74) is -0.207. The zero-order valence-corrected chi connectivity index (χ0v) is 8.64. The van der Waals surface area contributed by atoms with Crippen LogP contribution in [0.1, 0.15) is 39.0 Å². The second-order valence-corrected chi connectivity index (χ2v) is 4.62. The summed E-state index contributed by atoms with van der Waals surface area (Å²) < 4.78 is 4.42. The van der Waals surface area contributed by atoms with E-state index >= 15 is 0 Å². The Kier molecular flexibility index (Phi) is 2.26. The van der Waals surface area contributed by atoms with E-state index in [4.69, 9.17) is 11.9 Å². The Morgan fingerprint density at radius 1 is 1.69 bits per heavy atom. The van der Waals surface area contributed by atoms with Crippen molar-refractivity contribution >= 4 is 17.8 Å². The number of carbonyl (C=O) groups is 1. The van der Waals surface area contributed by atoms with E-state index in [0.717, 1.165) is 25.2 Å². The molecule has 2 saturated carbocycles. The fraction of sp³-hybridized carbons (Fsp3) is 0.900. The zero-order chi connectivity index (χ0) is 9.47. The van der Waals surface area contributed by atoms with Crippen molar-refractivity contribution in [1.82, 2.24) is 0 Å². The van der Waals surface area contributed by atoms with Gasteiger partial charge in [-0.2, -0.15) is 0 Å². The molecule has 3 atom stereocenters. The molecule has 2 nitrogen and oxygen atoms in total. The summed E-state index contributed by atoms with van der Waals surface area (Å²) in [5.74, 6) is 1.08. The third-order valence-electron chi connectivity index (χ3n) is 4.02. The van der Waals surface area contributed by atoms with Crippen LogP contribution in [0, 0.1) is 17.3 Å². The number of fused-ring (bicyclic) bond motifs is 2. The molecule has 3 unspecified atom stereocenters. The van der Waals surface area contributed by atoms with Gasteiger partial charge in [0.15, 0.2) is 0 Å². The van der Waals surface area contributed by atoms with Crippen LogP contribution in [0.15, 0.2) is 0 Å². The first-order chi connectivity index (χ1) is 6.23. The molecule has 2 bridgehead atoms. The van der Waals surface area contributed by atoms with Crippen LogP contribution in [0.25, 0.3) is 0 Å². The molecule has 0 amide bonds. The quantitative estimate of drug-likeness (QED) is 0.688. The Morgan fingerprint density at radius 2 is 2.46 bits per heavy atom. The molecule has 0 aromatic carbocycles. The minimum absolute atomic E-state index is 0.180. The van der Waals surface area contributed by atoms with Crippen LogP contribution in [0.2, 0.25) is 0 Å². The average Bonchev–Trinajstić information content (AvgIpc) is 2.73. The first-order valence-electron chi connectivity index (χ1n) is 5.06. The van der Waals surface area contributed by atoms with Gasteiger partial charge in [-0.15, -0.1) is 0 Å². The third kappa shape index (κ3) is 1.18. The van der Waals surface area contributed by atoms with E-state index in [1.807, 2.05) is 0 Å². The second kappa shape index (κ2) is 3.16. The van der Waals surface area contributed by atoms with Gasteiger partial charge in [0.05, 0.1) is 5.41 Å². The van der Waals surface area contributed by atoms with E-state index in [0.29, 0.717) is 5.92 Å². The highest BCUT2D eigenvalue weighted by atomic mass is 35.5. The normalized spacial score (nSPS) is 42.3. The van der Waals surface area contributed by atoms with E-state index in [-0.39, 0.29) is 11.4 Å². The molecule has 0 radical (unpaired) electrons. The first-order valence-corrected chi connectivity index (χ1v) is 5.37. The Morgan fingerprint density at radius 3 is 3.00 bits per heavy atom. The number of hydrogen-bond acceptors (Lipinski definition) is 2. The summed E-state index contributed by atoms with van der Waals surface area (Å²) in [7, 11) is 0. The number of hydrogen-bond donors (Lipinski definition) is 0. The van der Waals surface area contributed by atoms with E-state index in [2.05, 4.69) is 11.2 Å². The zero-order valence-electron chi connectivity index (χ0n) is 7.88. The molecule has 2 rings (SSSR count). The van der Waals surface area contributed by atoms with Gasteiger partial charge in [-0.05, 0) is 37.5 Å². The van der Waals surface area contributed by atoms with Crippen LogP contribution in [0.4, 0.5) is 0 Å². The Balaban J connectivity index is 2.22. The predicted molar refractivity (Wildman–Crippen MR) is 50.1 cm³/mol. The molecule has 0 N–H and O–H groups in total. The van der Waals surface area contributed by atoms with E-state index in [1.165, 1.54) is 12.8 Å². The molecular formula is C10H15ClO2. The maximum atomic E-state index is 11.6. The number of halogens is 1. The van der Waals surface area contributed by atoms with Gasteiger partial charge in [-0.25, -0.2) is 4.79 Å². The predicted octanol–water partition coefficient (Wildman–Crippen LogP) is 2.90. The Hall–Kier alpha value is -0.240. The smallest absolute Gasteiger partial charge is 0.331 e. The molecule has 0 aromatic heterocycles. The van der Waals surface area contributed by atoms with Crippen LogP contribution < -0.4 is 0 Å². The first kappa shape index (κ1) is 9.32. The van der Waals surface area contributed by atoms with Crippen molar-refractivity contribution < 1.29 is 9.08 Å². The molecule has 0 aromatic rings. The van der Waals surface area contributed by atoms with Crippen molar-refractivity contribution in [3.05, 3.63) is 0 Å². The third-order valence-corrected chi connectivity index (χ3v) is 4.16. The van der Waals surface area contributed by atoms with Gasteiger partial charge in [0.2, 0.25) is 0 Å². The minimum atomic E-state index is -0.207. The highest BCUT2D eigenvalue weighted by molar-refractivity contribution is 6.13. The monoisotopic (exact) mass is 202 g/mol. The number of carbonyl (C=O) groups excluding carboxylic acids is 1. The molecule has 13 heavy (non-hydrogen) atoms. The molecular weight excluding hydrogens is 188 g/mol. The lowest BCUT2D eigenvalue weighted by Gasteiger charge is -2.30. The Bertz CT molecular complexity index is 229. The van der Waals surface area contributed by atoms with Crippen LogP contribution in [0.5, 0.6) is 0 Å². The summed E-state index contributed by atoms with van der Waals surface area (Å²) in [6.45, 7) is 2.15. The van der Waals surface area contributed by atoms with Gasteiger partial charge in [-0.1, -0.05) is 13.3 Å². The molecule has 0 heterocycles. The van der Waals surface area contributed by atoms with Gasteiger partial charge in [0.25, 0.3) is 0 Å². The molecule has 2 fully saturated rings.